The molecule has 2 rings (SSSR count). The summed E-state index contributed by atoms with van der Waals surface area (Å²) in [7, 11) is 1.81. The van der Waals surface area contributed by atoms with Crippen LogP contribution < -0.4 is 4.74 Å². The van der Waals surface area contributed by atoms with E-state index >= 15 is 0 Å². The highest BCUT2D eigenvalue weighted by molar-refractivity contribution is 5.72. The first-order valence-electron chi connectivity index (χ1n) is 6.71. The smallest absolute Gasteiger partial charge is 0.312 e. The van der Waals surface area contributed by atoms with Crippen LogP contribution in [0.15, 0.2) is 6.07 Å². The maximum atomic E-state index is 11.8. The average Bonchev–Trinajstić information content (AvgIpc) is 3.00. The molecule has 1 aromatic heterocycles. The highest BCUT2D eigenvalue weighted by atomic mass is 16.6. The fraction of sp³-hybridized carbons (Fsp3) is 0.714. The molecule has 1 saturated carbocycles. The van der Waals surface area contributed by atoms with Crippen molar-refractivity contribution in [2.45, 2.75) is 45.6 Å². The second-order valence-electron chi connectivity index (χ2n) is 6.12. The van der Waals surface area contributed by atoms with Crippen molar-refractivity contribution < 1.29 is 14.3 Å². The number of nitrogens with zero attached hydrogens (tertiary/aromatic N) is 2. The minimum absolute atomic E-state index is 0.216. The van der Waals surface area contributed by atoms with E-state index in [1.54, 1.807) is 4.68 Å². The number of hydrogen-bond acceptors (Lipinski definition) is 4. The Morgan fingerprint density at radius 2 is 2.16 bits per heavy atom. The summed E-state index contributed by atoms with van der Waals surface area (Å²) in [4.78, 5) is 11.8. The molecule has 0 N–H and O–H groups in total. The van der Waals surface area contributed by atoms with Crippen molar-refractivity contribution in [1.29, 1.82) is 0 Å². The molecule has 0 aliphatic heterocycles. The van der Waals surface area contributed by atoms with E-state index in [1.807, 2.05) is 33.9 Å². The van der Waals surface area contributed by atoms with E-state index in [2.05, 4.69) is 5.10 Å². The monoisotopic (exact) mass is 266 g/mol. The lowest BCUT2D eigenvalue weighted by molar-refractivity contribution is -0.154. The maximum Gasteiger partial charge on any atom is 0.312 e. The minimum Gasteiger partial charge on any atom is -0.476 e. The topological polar surface area (TPSA) is 53.4 Å². The van der Waals surface area contributed by atoms with Crippen LogP contribution in [0.3, 0.4) is 0 Å². The number of esters is 1. The van der Waals surface area contributed by atoms with Gasteiger partial charge < -0.3 is 9.47 Å². The molecule has 0 atom stereocenters. The van der Waals surface area contributed by atoms with Gasteiger partial charge in [-0.2, -0.15) is 0 Å². The van der Waals surface area contributed by atoms with Crippen molar-refractivity contribution in [2.24, 2.45) is 13.0 Å². The van der Waals surface area contributed by atoms with Gasteiger partial charge in [0.05, 0.1) is 18.7 Å². The summed E-state index contributed by atoms with van der Waals surface area (Å²) in [6.45, 7) is 6.30. The lowest BCUT2D eigenvalue weighted by Crippen LogP contribution is -2.25. The number of carbonyl (C=O) groups is 1. The van der Waals surface area contributed by atoms with Crippen molar-refractivity contribution in [3.63, 3.8) is 0 Å². The van der Waals surface area contributed by atoms with Crippen molar-refractivity contribution in [3.05, 3.63) is 11.8 Å². The molecule has 1 aromatic rings. The van der Waals surface area contributed by atoms with Gasteiger partial charge in [-0.25, -0.2) is 0 Å². The van der Waals surface area contributed by atoms with Crippen molar-refractivity contribution in [1.82, 2.24) is 9.78 Å². The van der Waals surface area contributed by atoms with Crippen LogP contribution in [0, 0.1) is 5.92 Å². The number of aryl methyl sites for hydroxylation is 1. The van der Waals surface area contributed by atoms with E-state index in [9.17, 15) is 4.79 Å². The SMILES string of the molecule is Cn1nc(OCC2CC2)cc1CC(=O)OC(C)(C)C. The van der Waals surface area contributed by atoms with Gasteiger partial charge in [-0.3, -0.25) is 9.48 Å². The predicted octanol–water partition coefficient (Wildman–Crippen LogP) is 2.09. The van der Waals surface area contributed by atoms with Crippen LogP contribution in [-0.2, 0) is 23.0 Å². The lowest BCUT2D eigenvalue weighted by atomic mass is 10.2. The molecule has 19 heavy (non-hydrogen) atoms. The van der Waals surface area contributed by atoms with Crippen molar-refractivity contribution in [3.8, 4) is 5.88 Å². The van der Waals surface area contributed by atoms with E-state index in [-0.39, 0.29) is 12.4 Å². The summed E-state index contributed by atoms with van der Waals surface area (Å²) in [5, 5.41) is 4.25. The first-order valence-corrected chi connectivity index (χ1v) is 6.71. The molecule has 0 unspecified atom stereocenters. The summed E-state index contributed by atoms with van der Waals surface area (Å²) in [5.74, 6) is 1.04. The molecule has 0 bridgehead atoms. The molecule has 1 fully saturated rings. The molecule has 5 heteroatoms. The second kappa shape index (κ2) is 5.23. The molecule has 5 nitrogen and oxygen atoms in total. The van der Waals surface area contributed by atoms with E-state index in [0.29, 0.717) is 11.8 Å². The summed E-state index contributed by atoms with van der Waals surface area (Å²) >= 11 is 0. The Morgan fingerprint density at radius 1 is 1.47 bits per heavy atom. The van der Waals surface area contributed by atoms with Gasteiger partial charge >= 0.3 is 5.97 Å². The number of ether oxygens (including phenoxy) is 2. The third-order valence-electron chi connectivity index (χ3n) is 2.86. The Kier molecular flexibility index (Phi) is 3.83. The average molecular weight is 266 g/mol. The van der Waals surface area contributed by atoms with E-state index in [1.165, 1.54) is 12.8 Å². The summed E-state index contributed by atoms with van der Waals surface area (Å²) in [6, 6.07) is 1.81. The Hall–Kier alpha value is -1.52. The molecule has 106 valence electrons. The normalized spacial score (nSPS) is 15.4. The molecule has 0 radical (unpaired) electrons. The van der Waals surface area contributed by atoms with Gasteiger partial charge in [0.2, 0.25) is 5.88 Å². The number of hydrogen-bond donors (Lipinski definition) is 0. The Morgan fingerprint density at radius 3 is 2.74 bits per heavy atom. The fourth-order valence-corrected chi connectivity index (χ4v) is 1.73. The van der Waals surface area contributed by atoms with Crippen LogP contribution in [0.5, 0.6) is 5.88 Å². The lowest BCUT2D eigenvalue weighted by Gasteiger charge is -2.19. The van der Waals surface area contributed by atoms with Gasteiger partial charge in [-0.05, 0) is 39.5 Å². The molecular weight excluding hydrogens is 244 g/mol. The quantitative estimate of drug-likeness (QED) is 0.766. The summed E-state index contributed by atoms with van der Waals surface area (Å²) in [5.41, 5.74) is 0.348. The van der Waals surface area contributed by atoms with Gasteiger partial charge in [0, 0.05) is 13.1 Å². The maximum absolute atomic E-state index is 11.8. The van der Waals surface area contributed by atoms with Gasteiger partial charge in [0.15, 0.2) is 0 Å². The highest BCUT2D eigenvalue weighted by Gasteiger charge is 2.23. The number of rotatable bonds is 5. The fourth-order valence-electron chi connectivity index (χ4n) is 1.73. The molecular formula is C14H22N2O3. The number of aromatic nitrogens is 2. The van der Waals surface area contributed by atoms with Crippen LogP contribution >= 0.6 is 0 Å². The molecule has 1 heterocycles. The molecule has 0 saturated heterocycles. The van der Waals surface area contributed by atoms with Crippen molar-refractivity contribution in [2.75, 3.05) is 6.61 Å². The van der Waals surface area contributed by atoms with Crippen LogP contribution in [0.2, 0.25) is 0 Å². The van der Waals surface area contributed by atoms with E-state index in [4.69, 9.17) is 9.47 Å². The molecule has 1 aliphatic rings. The summed E-state index contributed by atoms with van der Waals surface area (Å²) in [6.07, 6.45) is 2.71. The Bertz CT molecular complexity index is 456. The van der Waals surface area contributed by atoms with Gasteiger partial charge in [-0.1, -0.05) is 0 Å². The first-order chi connectivity index (χ1) is 8.83. The zero-order chi connectivity index (χ0) is 14.0. The molecule has 0 spiro atoms. The third-order valence-corrected chi connectivity index (χ3v) is 2.86. The van der Waals surface area contributed by atoms with Crippen LogP contribution in [0.1, 0.15) is 39.3 Å². The standard InChI is InChI=1S/C14H22N2O3/c1-14(2,3)19-13(17)8-11-7-12(15-16(11)4)18-9-10-5-6-10/h7,10H,5-6,8-9H2,1-4H3. The van der Waals surface area contributed by atoms with Crippen LogP contribution in [-0.4, -0.2) is 28.0 Å². The Labute approximate surface area is 113 Å². The predicted molar refractivity (Wildman–Crippen MR) is 71.0 cm³/mol. The van der Waals surface area contributed by atoms with Gasteiger partial charge in [-0.15, -0.1) is 5.10 Å². The van der Waals surface area contributed by atoms with E-state index in [0.717, 1.165) is 12.3 Å². The zero-order valence-corrected chi connectivity index (χ0v) is 12.1. The first kappa shape index (κ1) is 13.9. The van der Waals surface area contributed by atoms with Crippen LogP contribution in [0.4, 0.5) is 0 Å². The van der Waals surface area contributed by atoms with Gasteiger partial charge in [0.1, 0.15) is 5.60 Å². The molecule has 0 aromatic carbocycles. The van der Waals surface area contributed by atoms with Gasteiger partial charge in [0.25, 0.3) is 0 Å². The number of carbonyl (C=O) groups excluding carboxylic acids is 1. The van der Waals surface area contributed by atoms with Crippen LogP contribution in [0.25, 0.3) is 0 Å². The van der Waals surface area contributed by atoms with E-state index < -0.39 is 5.60 Å². The minimum atomic E-state index is -0.457. The summed E-state index contributed by atoms with van der Waals surface area (Å²) < 4.78 is 12.6. The highest BCUT2D eigenvalue weighted by Crippen LogP contribution is 2.29. The van der Waals surface area contributed by atoms with Crippen molar-refractivity contribution >= 4 is 5.97 Å². The molecule has 1 aliphatic carbocycles. The molecule has 0 amide bonds. The Balaban J connectivity index is 1.90. The zero-order valence-electron chi connectivity index (χ0n) is 12.1. The largest absolute Gasteiger partial charge is 0.476 e. The second-order valence-corrected chi connectivity index (χ2v) is 6.12. The third kappa shape index (κ3) is 4.58.